The molecule has 0 spiro atoms. The molecule has 0 atom stereocenters. The lowest BCUT2D eigenvalue weighted by Gasteiger charge is -2.30. The summed E-state index contributed by atoms with van der Waals surface area (Å²) >= 11 is 0. The zero-order valence-electron chi connectivity index (χ0n) is 17.8. The molecular formula is C25H26N2O4. The van der Waals surface area contributed by atoms with Crippen molar-refractivity contribution in [2.45, 2.75) is 19.8 Å². The predicted molar refractivity (Wildman–Crippen MR) is 121 cm³/mol. The summed E-state index contributed by atoms with van der Waals surface area (Å²) in [5.41, 5.74) is 1.10. The van der Waals surface area contributed by atoms with Gasteiger partial charge in [-0.1, -0.05) is 42.5 Å². The summed E-state index contributed by atoms with van der Waals surface area (Å²) in [6.07, 6.45) is 1.30. The lowest BCUT2D eigenvalue weighted by Crippen LogP contribution is -2.42. The molecule has 6 heteroatoms. The summed E-state index contributed by atoms with van der Waals surface area (Å²) in [5.74, 6) is 0.916. The molecule has 4 rings (SSSR count). The van der Waals surface area contributed by atoms with Gasteiger partial charge in [0.1, 0.15) is 18.2 Å². The first-order valence-corrected chi connectivity index (χ1v) is 10.5. The molecule has 0 unspecified atom stereocenters. The second-order valence-corrected chi connectivity index (χ2v) is 7.40. The van der Waals surface area contributed by atoms with E-state index < -0.39 is 0 Å². The minimum Gasteiger partial charge on any atom is -0.495 e. The number of hydrogen-bond acceptors (Lipinski definition) is 4. The molecule has 3 aromatic rings. The highest BCUT2D eigenvalue weighted by Gasteiger charge is 2.30. The Bertz CT molecular complexity index is 1110. The number of amides is 2. The molecule has 1 aliphatic heterocycles. The van der Waals surface area contributed by atoms with Crippen molar-refractivity contribution in [3.8, 4) is 11.5 Å². The van der Waals surface area contributed by atoms with Gasteiger partial charge in [0.25, 0.3) is 5.91 Å². The number of methoxy groups -OCH3 is 1. The summed E-state index contributed by atoms with van der Waals surface area (Å²) in [6.45, 7) is 3.13. The first kappa shape index (κ1) is 20.7. The monoisotopic (exact) mass is 418 g/mol. The van der Waals surface area contributed by atoms with Gasteiger partial charge in [0.15, 0.2) is 0 Å². The van der Waals surface area contributed by atoms with Crippen LogP contribution in [0.2, 0.25) is 0 Å². The molecule has 1 fully saturated rings. The second kappa shape index (κ2) is 9.08. The fourth-order valence-electron chi connectivity index (χ4n) is 4.01. The highest BCUT2D eigenvalue weighted by Crippen LogP contribution is 2.34. The standard InChI is InChI=1S/C25H26N2O4/c1-3-31-22-15-14-18-9-4-5-10-19(18)24(22)25(29)27(17-26-16-8-13-23(26)28)20-11-6-7-12-21(20)30-2/h4-7,9-12,14-15H,3,8,13,16-17H2,1-2H3. The molecule has 0 bridgehead atoms. The molecule has 1 heterocycles. The third-order valence-corrected chi connectivity index (χ3v) is 5.51. The fraction of sp³-hybridized carbons (Fsp3) is 0.280. The minimum absolute atomic E-state index is 0.0515. The summed E-state index contributed by atoms with van der Waals surface area (Å²) < 4.78 is 11.4. The Morgan fingerprint density at radius 2 is 1.81 bits per heavy atom. The Labute approximate surface area is 182 Å². The quantitative estimate of drug-likeness (QED) is 0.568. The third kappa shape index (κ3) is 4.06. The van der Waals surface area contributed by atoms with Crippen LogP contribution in [0, 0.1) is 0 Å². The number of anilines is 1. The maximum Gasteiger partial charge on any atom is 0.264 e. The molecule has 6 nitrogen and oxygen atoms in total. The number of fused-ring (bicyclic) bond motifs is 1. The first-order valence-electron chi connectivity index (χ1n) is 10.5. The molecule has 0 saturated carbocycles. The van der Waals surface area contributed by atoms with E-state index in [1.165, 1.54) is 0 Å². The fourth-order valence-corrected chi connectivity index (χ4v) is 4.01. The number of hydrogen-bond donors (Lipinski definition) is 0. The van der Waals surface area contributed by atoms with E-state index in [9.17, 15) is 9.59 Å². The van der Waals surface area contributed by atoms with E-state index in [4.69, 9.17) is 9.47 Å². The van der Waals surface area contributed by atoms with Gasteiger partial charge in [-0.2, -0.15) is 0 Å². The van der Waals surface area contributed by atoms with E-state index in [2.05, 4.69) is 0 Å². The van der Waals surface area contributed by atoms with E-state index >= 15 is 0 Å². The first-order chi connectivity index (χ1) is 15.1. The van der Waals surface area contributed by atoms with E-state index in [-0.39, 0.29) is 18.5 Å². The van der Waals surface area contributed by atoms with Crippen molar-refractivity contribution in [1.82, 2.24) is 4.90 Å². The van der Waals surface area contributed by atoms with Crippen LogP contribution in [0.5, 0.6) is 11.5 Å². The highest BCUT2D eigenvalue weighted by molar-refractivity contribution is 6.16. The number of carbonyl (C=O) groups is 2. The van der Waals surface area contributed by atoms with Crippen LogP contribution in [0.15, 0.2) is 60.7 Å². The van der Waals surface area contributed by atoms with Crippen molar-refractivity contribution in [3.63, 3.8) is 0 Å². The van der Waals surface area contributed by atoms with E-state index in [0.717, 1.165) is 17.2 Å². The molecule has 1 saturated heterocycles. The Morgan fingerprint density at radius 1 is 1.03 bits per heavy atom. The number of para-hydroxylation sites is 2. The van der Waals surface area contributed by atoms with Crippen LogP contribution in [0.1, 0.15) is 30.1 Å². The van der Waals surface area contributed by atoms with E-state index in [1.54, 1.807) is 16.9 Å². The van der Waals surface area contributed by atoms with Gasteiger partial charge in [0, 0.05) is 13.0 Å². The van der Waals surface area contributed by atoms with Crippen LogP contribution in [0.3, 0.4) is 0 Å². The minimum atomic E-state index is -0.232. The Balaban J connectivity index is 1.86. The van der Waals surface area contributed by atoms with Gasteiger partial charge in [0.2, 0.25) is 5.91 Å². The van der Waals surface area contributed by atoms with Crippen LogP contribution in [-0.4, -0.2) is 43.6 Å². The number of rotatable bonds is 7. The van der Waals surface area contributed by atoms with Crippen LogP contribution < -0.4 is 14.4 Å². The zero-order valence-corrected chi connectivity index (χ0v) is 17.8. The smallest absolute Gasteiger partial charge is 0.264 e. The van der Waals surface area contributed by atoms with Gasteiger partial charge >= 0.3 is 0 Å². The topological polar surface area (TPSA) is 59.1 Å². The van der Waals surface area contributed by atoms with Gasteiger partial charge in [-0.25, -0.2) is 0 Å². The lowest BCUT2D eigenvalue weighted by molar-refractivity contribution is -0.127. The highest BCUT2D eigenvalue weighted by atomic mass is 16.5. The second-order valence-electron chi connectivity index (χ2n) is 7.40. The zero-order chi connectivity index (χ0) is 21.8. The Morgan fingerprint density at radius 3 is 2.55 bits per heavy atom. The van der Waals surface area contributed by atoms with Crippen molar-refractivity contribution in [1.29, 1.82) is 0 Å². The lowest BCUT2D eigenvalue weighted by atomic mass is 10.0. The number of carbonyl (C=O) groups excluding carboxylic acids is 2. The molecule has 0 aromatic heterocycles. The predicted octanol–water partition coefficient (Wildman–Crippen LogP) is 4.47. The Kier molecular flexibility index (Phi) is 6.07. The molecular weight excluding hydrogens is 392 g/mol. The number of likely N-dealkylation sites (tertiary alicyclic amines) is 1. The van der Waals surface area contributed by atoms with Crippen LogP contribution in [0.4, 0.5) is 5.69 Å². The Hall–Kier alpha value is -3.54. The van der Waals surface area contributed by atoms with E-state index in [1.807, 2.05) is 67.6 Å². The van der Waals surface area contributed by atoms with Crippen molar-refractivity contribution < 1.29 is 19.1 Å². The summed E-state index contributed by atoms with van der Waals surface area (Å²) in [7, 11) is 1.58. The van der Waals surface area contributed by atoms with Crippen LogP contribution in [-0.2, 0) is 4.79 Å². The molecule has 0 aliphatic carbocycles. The van der Waals surface area contributed by atoms with Crippen molar-refractivity contribution in [3.05, 3.63) is 66.2 Å². The molecule has 160 valence electrons. The summed E-state index contributed by atoms with van der Waals surface area (Å²) in [4.78, 5) is 29.8. The van der Waals surface area contributed by atoms with Crippen molar-refractivity contribution in [2.75, 3.05) is 31.8 Å². The van der Waals surface area contributed by atoms with Crippen LogP contribution >= 0.6 is 0 Å². The summed E-state index contributed by atoms with van der Waals surface area (Å²) in [6, 6.07) is 18.9. The molecule has 31 heavy (non-hydrogen) atoms. The van der Waals surface area contributed by atoms with Gasteiger partial charge in [-0.3, -0.25) is 14.5 Å². The van der Waals surface area contributed by atoms with Gasteiger partial charge in [-0.15, -0.1) is 0 Å². The largest absolute Gasteiger partial charge is 0.495 e. The number of ether oxygens (including phenoxy) is 2. The normalized spacial score (nSPS) is 13.5. The maximum absolute atomic E-state index is 14.1. The van der Waals surface area contributed by atoms with Gasteiger partial charge < -0.3 is 14.4 Å². The van der Waals surface area contributed by atoms with Gasteiger partial charge in [0.05, 0.1) is 25.0 Å². The molecule has 0 radical (unpaired) electrons. The van der Waals surface area contributed by atoms with Crippen molar-refractivity contribution in [2.24, 2.45) is 0 Å². The average molecular weight is 418 g/mol. The molecule has 0 N–H and O–H groups in total. The average Bonchev–Trinajstić information content (AvgIpc) is 3.21. The van der Waals surface area contributed by atoms with Gasteiger partial charge in [-0.05, 0) is 42.3 Å². The number of nitrogens with zero attached hydrogens (tertiary/aromatic N) is 2. The maximum atomic E-state index is 14.1. The number of benzene rings is 3. The van der Waals surface area contributed by atoms with E-state index in [0.29, 0.717) is 42.3 Å². The third-order valence-electron chi connectivity index (χ3n) is 5.51. The van der Waals surface area contributed by atoms with Crippen molar-refractivity contribution >= 4 is 28.3 Å². The SMILES string of the molecule is CCOc1ccc2ccccc2c1C(=O)N(CN1CCCC1=O)c1ccccc1OC. The molecule has 1 aliphatic rings. The molecule has 3 aromatic carbocycles. The molecule has 2 amide bonds. The summed E-state index contributed by atoms with van der Waals surface area (Å²) in [5, 5.41) is 1.76. The van der Waals surface area contributed by atoms with Crippen LogP contribution in [0.25, 0.3) is 10.8 Å².